The summed E-state index contributed by atoms with van der Waals surface area (Å²) in [6.45, 7) is 2.14. The number of amides is 2. The van der Waals surface area contributed by atoms with Gasteiger partial charge >= 0.3 is 6.09 Å². The Morgan fingerprint density at radius 2 is 2.15 bits per heavy atom. The van der Waals surface area contributed by atoms with Crippen LogP contribution in [0.3, 0.4) is 0 Å². The van der Waals surface area contributed by atoms with Crippen molar-refractivity contribution >= 4 is 41.3 Å². The van der Waals surface area contributed by atoms with Crippen molar-refractivity contribution in [2.45, 2.75) is 50.9 Å². The lowest BCUT2D eigenvalue weighted by Gasteiger charge is -2.36. The van der Waals surface area contributed by atoms with Crippen molar-refractivity contribution in [1.82, 2.24) is 5.32 Å². The number of halogens is 1. The Balaban J connectivity index is 1.85. The predicted octanol–water partition coefficient (Wildman–Crippen LogP) is 4.39. The van der Waals surface area contributed by atoms with E-state index in [1.807, 2.05) is 31.2 Å². The quantitative estimate of drug-likeness (QED) is 0.541. The number of carbonyl (C=O) groups excluding carboxylic acids is 2. The average molecular weight is 511 g/mol. The van der Waals surface area contributed by atoms with Crippen LogP contribution in [0.4, 0.5) is 10.5 Å². The Kier molecular flexibility index (Phi) is 9.30. The van der Waals surface area contributed by atoms with E-state index < -0.39 is 17.9 Å². The lowest BCUT2D eigenvalue weighted by Crippen LogP contribution is -2.56. The Morgan fingerprint density at radius 3 is 2.91 bits per heavy atom. The largest absolute Gasteiger partial charge is 0.495 e. The normalized spacial score (nSPS) is 27.6. The number of methoxy groups -OCH3 is 1. The molecule has 1 unspecified atom stereocenters. The standard InChI is InChI=1S/C24H31ClN2O6S/c1-16-7-4-5-9-24(30)14-18(33-23(29)26-24)15-32-34-10-6-8-21(28)27(2)19-12-17(11-16)13-20(31-3)22(19)25/h4-5,7,12-13,18,30H,6,8-11,14-15H2,1-3H3,(H,26,29)/b5-4+,16-7+/t18?,24-/m1/s1. The molecule has 0 radical (unpaired) electrons. The number of allylic oxidation sites excluding steroid dienone is 3. The van der Waals surface area contributed by atoms with Gasteiger partial charge in [0.25, 0.3) is 0 Å². The fourth-order valence-electron chi connectivity index (χ4n) is 3.84. The molecule has 1 aromatic carbocycles. The maximum atomic E-state index is 12.8. The molecule has 2 atom stereocenters. The highest BCUT2D eigenvalue weighted by molar-refractivity contribution is 7.94. The van der Waals surface area contributed by atoms with E-state index in [2.05, 4.69) is 5.32 Å². The molecule has 8 nitrogen and oxygen atoms in total. The van der Waals surface area contributed by atoms with Gasteiger partial charge in [0.05, 0.1) is 19.4 Å². The predicted molar refractivity (Wildman–Crippen MR) is 133 cm³/mol. The number of hydrogen-bond acceptors (Lipinski definition) is 7. The number of fused-ring (bicyclic) bond motifs is 4. The second-order valence-corrected chi connectivity index (χ2v) is 9.76. The molecule has 0 aliphatic carbocycles. The van der Waals surface area contributed by atoms with Crippen molar-refractivity contribution in [2.75, 3.05) is 31.4 Å². The number of aliphatic hydroxyl groups is 1. The maximum Gasteiger partial charge on any atom is 0.409 e. The lowest BCUT2D eigenvalue weighted by molar-refractivity contribution is -0.118. The van der Waals surface area contributed by atoms with Crippen molar-refractivity contribution in [1.29, 1.82) is 0 Å². The lowest BCUT2D eigenvalue weighted by atomic mass is 9.99. The van der Waals surface area contributed by atoms with E-state index in [0.717, 1.165) is 11.1 Å². The molecule has 2 heterocycles. The van der Waals surface area contributed by atoms with Gasteiger partial charge in [-0.15, -0.1) is 0 Å². The summed E-state index contributed by atoms with van der Waals surface area (Å²) in [5.74, 6) is 1.03. The number of anilines is 1. The summed E-state index contributed by atoms with van der Waals surface area (Å²) in [6.07, 6.45) is 6.36. The molecule has 1 fully saturated rings. The fraction of sp³-hybridized carbons (Fsp3) is 0.500. The zero-order valence-electron chi connectivity index (χ0n) is 19.6. The number of ether oxygens (including phenoxy) is 2. The molecule has 1 saturated heterocycles. The third kappa shape index (κ3) is 7.15. The molecule has 2 aliphatic rings. The van der Waals surface area contributed by atoms with Gasteiger partial charge in [0, 0.05) is 32.1 Å². The van der Waals surface area contributed by atoms with E-state index in [4.69, 9.17) is 25.3 Å². The number of hydrogen-bond donors (Lipinski definition) is 2. The molecule has 10 heteroatoms. The smallest absolute Gasteiger partial charge is 0.409 e. The third-order valence-electron chi connectivity index (χ3n) is 5.62. The SMILES string of the molecule is COc1cc2cc(c1Cl)N(C)C(=O)CCCSOCC1C[C@](O)(C/C=C/C=C(\C)C2)NC(=O)O1. The first kappa shape index (κ1) is 26.4. The van der Waals surface area contributed by atoms with E-state index in [0.29, 0.717) is 41.5 Å². The van der Waals surface area contributed by atoms with Gasteiger partial charge in [-0.3, -0.25) is 10.1 Å². The van der Waals surface area contributed by atoms with Crippen molar-refractivity contribution in [2.24, 2.45) is 0 Å². The summed E-state index contributed by atoms with van der Waals surface area (Å²) in [4.78, 5) is 26.3. The summed E-state index contributed by atoms with van der Waals surface area (Å²) >= 11 is 7.73. The number of nitrogens with one attached hydrogen (secondary N) is 1. The molecule has 2 amide bonds. The Morgan fingerprint density at radius 1 is 1.35 bits per heavy atom. The number of benzene rings is 1. The van der Waals surface area contributed by atoms with Crippen LogP contribution in [0.2, 0.25) is 5.02 Å². The van der Waals surface area contributed by atoms with Crippen LogP contribution in [0.15, 0.2) is 35.9 Å². The fourth-order valence-corrected chi connectivity index (χ4v) is 4.79. The highest BCUT2D eigenvalue weighted by atomic mass is 35.5. The summed E-state index contributed by atoms with van der Waals surface area (Å²) in [7, 11) is 3.26. The van der Waals surface area contributed by atoms with Crippen LogP contribution in [0.25, 0.3) is 0 Å². The van der Waals surface area contributed by atoms with Gasteiger partial charge in [-0.1, -0.05) is 35.4 Å². The zero-order chi connectivity index (χ0) is 24.7. The zero-order valence-corrected chi connectivity index (χ0v) is 21.2. The minimum absolute atomic E-state index is 0.0661. The first-order chi connectivity index (χ1) is 16.2. The van der Waals surface area contributed by atoms with Gasteiger partial charge in [0.2, 0.25) is 5.91 Å². The average Bonchev–Trinajstić information content (AvgIpc) is 2.78. The molecular weight excluding hydrogens is 480 g/mol. The maximum absolute atomic E-state index is 12.8. The van der Waals surface area contributed by atoms with Gasteiger partial charge in [0.15, 0.2) is 0 Å². The highest BCUT2D eigenvalue weighted by Gasteiger charge is 2.38. The van der Waals surface area contributed by atoms with Crippen molar-refractivity contribution < 1.29 is 28.4 Å². The molecule has 2 N–H and O–H groups in total. The number of nitrogens with zero attached hydrogens (tertiary/aromatic N) is 1. The van der Waals surface area contributed by atoms with Crippen molar-refractivity contribution in [3.8, 4) is 5.75 Å². The van der Waals surface area contributed by atoms with Gasteiger partial charge in [-0.2, -0.15) is 0 Å². The second-order valence-electron chi connectivity index (χ2n) is 8.50. The van der Waals surface area contributed by atoms with E-state index in [-0.39, 0.29) is 25.4 Å². The third-order valence-corrected chi connectivity index (χ3v) is 6.76. The Bertz CT molecular complexity index is 969. The highest BCUT2D eigenvalue weighted by Crippen LogP contribution is 2.36. The number of carbonyl (C=O) groups is 2. The molecule has 2 aliphatic heterocycles. The van der Waals surface area contributed by atoms with Crippen LogP contribution in [0.5, 0.6) is 5.75 Å². The molecule has 0 spiro atoms. The van der Waals surface area contributed by atoms with E-state index in [9.17, 15) is 14.7 Å². The summed E-state index contributed by atoms with van der Waals surface area (Å²) in [5.41, 5.74) is 1.21. The van der Waals surface area contributed by atoms with Gasteiger partial charge in [0.1, 0.15) is 22.6 Å². The van der Waals surface area contributed by atoms with Crippen LogP contribution in [0.1, 0.15) is 38.2 Å². The minimum atomic E-state index is -1.40. The molecule has 0 saturated carbocycles. The molecule has 3 rings (SSSR count). The van der Waals surface area contributed by atoms with Gasteiger partial charge < -0.3 is 23.7 Å². The van der Waals surface area contributed by atoms with Crippen molar-refractivity contribution in [3.05, 3.63) is 46.5 Å². The van der Waals surface area contributed by atoms with Crippen molar-refractivity contribution in [3.63, 3.8) is 0 Å². The van der Waals surface area contributed by atoms with Crippen LogP contribution in [-0.2, 0) is 20.1 Å². The van der Waals surface area contributed by atoms with Gasteiger partial charge in [-0.05, 0) is 49.5 Å². The second kappa shape index (κ2) is 12.0. The van der Waals surface area contributed by atoms with Crippen LogP contribution < -0.4 is 15.0 Å². The molecular formula is C24H31ClN2O6S. The molecule has 34 heavy (non-hydrogen) atoms. The molecule has 0 aromatic heterocycles. The number of alkyl carbamates (subject to hydrolysis) is 1. The number of rotatable bonds is 1. The van der Waals surface area contributed by atoms with Crippen LogP contribution >= 0.6 is 23.6 Å². The minimum Gasteiger partial charge on any atom is -0.495 e. The summed E-state index contributed by atoms with van der Waals surface area (Å²) in [5, 5.41) is 13.7. The monoisotopic (exact) mass is 510 g/mol. The topological polar surface area (TPSA) is 97.3 Å². The molecule has 1 aromatic rings. The first-order valence-corrected chi connectivity index (χ1v) is 12.4. The van der Waals surface area contributed by atoms with Crippen LogP contribution in [0, 0.1) is 0 Å². The molecule has 4 bridgehead atoms. The van der Waals surface area contributed by atoms with E-state index >= 15 is 0 Å². The Hall–Kier alpha value is -2.20. The Labute approximate surface area is 209 Å². The van der Waals surface area contributed by atoms with Gasteiger partial charge in [-0.25, -0.2) is 4.79 Å². The summed E-state index contributed by atoms with van der Waals surface area (Å²) in [6, 6.07) is 3.77. The van der Waals surface area contributed by atoms with E-state index in [1.165, 1.54) is 12.0 Å². The summed E-state index contributed by atoms with van der Waals surface area (Å²) < 4.78 is 16.2. The first-order valence-electron chi connectivity index (χ1n) is 11.1. The molecule has 186 valence electrons. The van der Waals surface area contributed by atoms with Crippen LogP contribution in [-0.4, -0.2) is 55.5 Å². The van der Waals surface area contributed by atoms with E-state index in [1.54, 1.807) is 25.1 Å².